The number of nitrogens with zero attached hydrogens (tertiary/aromatic N) is 1. The van der Waals surface area contributed by atoms with Crippen LogP contribution in [0.1, 0.15) is 142 Å². The molecule has 0 heterocycles. The highest BCUT2D eigenvalue weighted by molar-refractivity contribution is 5.09. The van der Waals surface area contributed by atoms with E-state index >= 15 is 0 Å². The minimum atomic E-state index is 0.0269. The van der Waals surface area contributed by atoms with Crippen LogP contribution in [0.3, 0.4) is 0 Å². The topological polar surface area (TPSA) is 23.8 Å². The summed E-state index contributed by atoms with van der Waals surface area (Å²) in [5.41, 5.74) is 0.616. The van der Waals surface area contributed by atoms with Gasteiger partial charge in [0.1, 0.15) is 0 Å². The molecule has 1 nitrogen and oxygen atoms in total. The third kappa shape index (κ3) is 5.60. The van der Waals surface area contributed by atoms with E-state index in [1.807, 2.05) is 0 Å². The lowest BCUT2D eigenvalue weighted by molar-refractivity contribution is -0.00693. The van der Waals surface area contributed by atoms with Gasteiger partial charge in [0.25, 0.3) is 0 Å². The molecule has 166 valence electrons. The highest BCUT2D eigenvalue weighted by atomic mass is 14.5. The quantitative estimate of drug-likeness (QED) is 0.354. The van der Waals surface area contributed by atoms with E-state index in [2.05, 4.69) is 19.9 Å². The third-order valence-corrected chi connectivity index (χ3v) is 9.67. The van der Waals surface area contributed by atoms with Gasteiger partial charge in [-0.2, -0.15) is 5.26 Å². The number of hydrogen-bond acceptors (Lipinski definition) is 1. The molecular formula is C28H49N. The molecular weight excluding hydrogens is 350 g/mol. The molecule has 3 aliphatic rings. The zero-order chi connectivity index (χ0) is 20.6. The van der Waals surface area contributed by atoms with Crippen molar-refractivity contribution in [2.24, 2.45) is 28.6 Å². The second-order valence-electron chi connectivity index (χ2n) is 11.3. The Morgan fingerprint density at radius 1 is 0.724 bits per heavy atom. The maximum atomic E-state index is 10.3. The van der Waals surface area contributed by atoms with Gasteiger partial charge in [0.2, 0.25) is 0 Å². The third-order valence-electron chi connectivity index (χ3n) is 9.67. The predicted molar refractivity (Wildman–Crippen MR) is 125 cm³/mol. The zero-order valence-electron chi connectivity index (χ0n) is 19.8. The molecule has 0 atom stereocenters. The first-order chi connectivity index (χ1) is 14.2. The molecule has 0 bridgehead atoms. The summed E-state index contributed by atoms with van der Waals surface area (Å²) in [7, 11) is 0. The van der Waals surface area contributed by atoms with Crippen LogP contribution in [0.15, 0.2) is 0 Å². The standard InChI is InChI=1S/C28H49N/c1-3-5-6-8-11-24-14-16-26(17-15-24)28(23-29)21-19-27(18-4-2,20-22-28)25-12-9-7-10-13-25/h24-26H,3-22H2,1-2H3. The van der Waals surface area contributed by atoms with Gasteiger partial charge in [0.15, 0.2) is 0 Å². The molecule has 0 amide bonds. The molecule has 0 radical (unpaired) electrons. The van der Waals surface area contributed by atoms with Crippen LogP contribution in [0.2, 0.25) is 0 Å². The van der Waals surface area contributed by atoms with Crippen molar-refractivity contribution in [2.75, 3.05) is 0 Å². The molecule has 0 aromatic rings. The molecule has 0 spiro atoms. The lowest BCUT2D eigenvalue weighted by atomic mass is 9.52. The Balaban J connectivity index is 1.54. The molecule has 0 unspecified atom stereocenters. The SMILES string of the molecule is CCCCCCC1CCC(C2(C#N)CCC(CCC)(C3CCCCC3)CC2)CC1. The molecule has 0 aliphatic heterocycles. The van der Waals surface area contributed by atoms with E-state index < -0.39 is 0 Å². The molecule has 3 aliphatic carbocycles. The summed E-state index contributed by atoms with van der Waals surface area (Å²) in [6, 6.07) is 2.94. The molecule has 1 heteroatoms. The van der Waals surface area contributed by atoms with E-state index in [4.69, 9.17) is 0 Å². The number of nitriles is 1. The van der Waals surface area contributed by atoms with E-state index in [0.29, 0.717) is 11.3 Å². The summed E-state index contributed by atoms with van der Waals surface area (Å²) in [6.07, 6.45) is 27.8. The van der Waals surface area contributed by atoms with Gasteiger partial charge in [-0.1, -0.05) is 84.5 Å². The van der Waals surface area contributed by atoms with Crippen molar-refractivity contribution in [3.05, 3.63) is 0 Å². The summed E-state index contributed by atoms with van der Waals surface area (Å²) in [6.45, 7) is 4.69. The van der Waals surface area contributed by atoms with Crippen molar-refractivity contribution in [1.82, 2.24) is 0 Å². The monoisotopic (exact) mass is 399 g/mol. The largest absolute Gasteiger partial charge is 0.198 e. The van der Waals surface area contributed by atoms with Crippen LogP contribution in [0.25, 0.3) is 0 Å². The molecule has 0 aromatic carbocycles. The summed E-state index contributed by atoms with van der Waals surface area (Å²) in [5.74, 6) is 2.63. The number of unbranched alkanes of at least 4 members (excludes halogenated alkanes) is 3. The number of hydrogen-bond donors (Lipinski definition) is 0. The Morgan fingerprint density at radius 2 is 1.41 bits per heavy atom. The molecule has 0 saturated heterocycles. The van der Waals surface area contributed by atoms with Gasteiger partial charge in [0, 0.05) is 0 Å². The van der Waals surface area contributed by atoms with Gasteiger partial charge >= 0.3 is 0 Å². The number of rotatable bonds is 9. The molecule has 0 aromatic heterocycles. The minimum Gasteiger partial charge on any atom is -0.198 e. The van der Waals surface area contributed by atoms with Gasteiger partial charge in [-0.25, -0.2) is 0 Å². The normalized spacial score (nSPS) is 36.6. The molecule has 0 N–H and O–H groups in total. The first-order valence-corrected chi connectivity index (χ1v) is 13.6. The smallest absolute Gasteiger partial charge is 0.0692 e. The fourth-order valence-corrected chi connectivity index (χ4v) is 7.74. The highest BCUT2D eigenvalue weighted by Gasteiger charge is 2.49. The van der Waals surface area contributed by atoms with Crippen LogP contribution in [-0.4, -0.2) is 0 Å². The van der Waals surface area contributed by atoms with Crippen LogP contribution < -0.4 is 0 Å². The summed E-state index contributed by atoms with van der Waals surface area (Å²) in [4.78, 5) is 0. The Kier molecular flexibility index (Phi) is 8.95. The van der Waals surface area contributed by atoms with Crippen molar-refractivity contribution < 1.29 is 0 Å². The molecule has 3 saturated carbocycles. The Morgan fingerprint density at radius 3 is 2.00 bits per heavy atom. The molecule has 3 rings (SSSR count). The van der Waals surface area contributed by atoms with Crippen molar-refractivity contribution >= 4 is 0 Å². The average molecular weight is 400 g/mol. The van der Waals surface area contributed by atoms with Crippen molar-refractivity contribution in [1.29, 1.82) is 5.26 Å². The van der Waals surface area contributed by atoms with Crippen LogP contribution in [0.5, 0.6) is 0 Å². The molecule has 29 heavy (non-hydrogen) atoms. The van der Waals surface area contributed by atoms with Crippen LogP contribution in [-0.2, 0) is 0 Å². The van der Waals surface area contributed by atoms with Gasteiger partial charge in [-0.05, 0) is 81.0 Å². The van der Waals surface area contributed by atoms with Crippen molar-refractivity contribution in [3.63, 3.8) is 0 Å². The van der Waals surface area contributed by atoms with E-state index in [-0.39, 0.29) is 5.41 Å². The zero-order valence-corrected chi connectivity index (χ0v) is 19.8. The maximum absolute atomic E-state index is 10.3. The lowest BCUT2D eigenvalue weighted by Crippen LogP contribution is -2.43. The van der Waals surface area contributed by atoms with Crippen molar-refractivity contribution in [2.45, 2.75) is 142 Å². The van der Waals surface area contributed by atoms with E-state index in [0.717, 1.165) is 11.8 Å². The lowest BCUT2D eigenvalue weighted by Gasteiger charge is -2.52. The molecule has 3 fully saturated rings. The first kappa shape index (κ1) is 23.2. The Labute approximate surface area is 182 Å². The van der Waals surface area contributed by atoms with Gasteiger partial charge < -0.3 is 0 Å². The van der Waals surface area contributed by atoms with E-state index in [9.17, 15) is 5.26 Å². The Hall–Kier alpha value is -0.510. The Bertz CT molecular complexity index is 493. The van der Waals surface area contributed by atoms with E-state index in [1.54, 1.807) is 0 Å². The fourth-order valence-electron chi connectivity index (χ4n) is 7.74. The van der Waals surface area contributed by atoms with E-state index in [1.165, 1.54) is 128 Å². The van der Waals surface area contributed by atoms with Crippen LogP contribution in [0.4, 0.5) is 0 Å². The van der Waals surface area contributed by atoms with Crippen LogP contribution in [0, 0.1) is 39.9 Å². The van der Waals surface area contributed by atoms with Gasteiger partial charge in [-0.15, -0.1) is 0 Å². The van der Waals surface area contributed by atoms with Gasteiger partial charge in [-0.3, -0.25) is 0 Å². The van der Waals surface area contributed by atoms with Crippen LogP contribution >= 0.6 is 0 Å². The fraction of sp³-hybridized carbons (Fsp3) is 0.964. The highest BCUT2D eigenvalue weighted by Crippen LogP contribution is 2.58. The second-order valence-corrected chi connectivity index (χ2v) is 11.3. The first-order valence-electron chi connectivity index (χ1n) is 13.6. The van der Waals surface area contributed by atoms with Gasteiger partial charge in [0.05, 0.1) is 11.5 Å². The predicted octanol–water partition coefficient (Wildman–Crippen LogP) is 9.21. The maximum Gasteiger partial charge on any atom is 0.0692 e. The average Bonchev–Trinajstić information content (AvgIpc) is 2.79. The summed E-state index contributed by atoms with van der Waals surface area (Å²) < 4.78 is 0. The second kappa shape index (κ2) is 11.2. The van der Waals surface area contributed by atoms with Crippen molar-refractivity contribution in [3.8, 4) is 6.07 Å². The summed E-state index contributed by atoms with van der Waals surface area (Å²) in [5, 5.41) is 10.3. The summed E-state index contributed by atoms with van der Waals surface area (Å²) >= 11 is 0. The minimum absolute atomic E-state index is 0.0269.